The van der Waals surface area contributed by atoms with Crippen molar-refractivity contribution in [3.8, 4) is 6.07 Å². The Morgan fingerprint density at radius 1 is 1.26 bits per heavy atom. The van der Waals surface area contributed by atoms with E-state index >= 15 is 0 Å². The second kappa shape index (κ2) is 13.3. The monoisotopic (exact) mass is 607 g/mol. The number of hydrogen-bond donors (Lipinski definition) is 1. The van der Waals surface area contributed by atoms with Gasteiger partial charge in [-0.3, -0.25) is 5.43 Å². The number of methoxy groups -OCH3 is 1. The van der Waals surface area contributed by atoms with Crippen LogP contribution in [0.15, 0.2) is 28.5 Å². The van der Waals surface area contributed by atoms with Gasteiger partial charge in [-0.05, 0) is 45.6 Å². The number of hydrogen-bond acceptors (Lipinski definition) is 11. The number of rotatable bonds is 7. The molecule has 1 aliphatic rings. The molecule has 0 radical (unpaired) electrons. The van der Waals surface area contributed by atoms with Crippen LogP contribution < -0.4 is 10.3 Å². The molecule has 42 heavy (non-hydrogen) atoms. The molecule has 1 aliphatic heterocycles. The summed E-state index contributed by atoms with van der Waals surface area (Å²) in [5.74, 6) is -0.560. The molecule has 1 saturated heterocycles. The molecular formula is C27H32F3N7O4S. The molecule has 11 nitrogen and oxygen atoms in total. The van der Waals surface area contributed by atoms with Crippen LogP contribution in [0, 0.1) is 18.3 Å². The van der Waals surface area contributed by atoms with Crippen molar-refractivity contribution in [2.75, 3.05) is 43.3 Å². The highest BCUT2D eigenvalue weighted by Gasteiger charge is 2.36. The first-order valence-electron chi connectivity index (χ1n) is 12.8. The van der Waals surface area contributed by atoms with Gasteiger partial charge in [0.2, 0.25) is 0 Å². The molecule has 1 fully saturated rings. The zero-order valence-electron chi connectivity index (χ0n) is 24.1. The number of thioether (sulfide) groups is 1. The number of halogens is 3. The summed E-state index contributed by atoms with van der Waals surface area (Å²) in [5, 5.41) is 13.7. The molecule has 0 saturated carbocycles. The van der Waals surface area contributed by atoms with Crippen LogP contribution in [0.4, 0.5) is 29.5 Å². The van der Waals surface area contributed by atoms with Gasteiger partial charge in [-0.25, -0.2) is 19.6 Å². The number of aromatic nitrogens is 2. The first-order valence-corrected chi connectivity index (χ1v) is 14.0. The van der Waals surface area contributed by atoms with Crippen LogP contribution in [0.2, 0.25) is 0 Å². The Hall–Kier alpha value is -4.06. The Morgan fingerprint density at radius 2 is 1.98 bits per heavy atom. The molecule has 0 spiro atoms. The second-order valence-corrected chi connectivity index (χ2v) is 11.1. The highest BCUT2D eigenvalue weighted by atomic mass is 32.2. The van der Waals surface area contributed by atoms with E-state index in [0.717, 1.165) is 6.21 Å². The van der Waals surface area contributed by atoms with Gasteiger partial charge in [0.1, 0.15) is 11.4 Å². The van der Waals surface area contributed by atoms with Gasteiger partial charge in [0, 0.05) is 19.6 Å². The summed E-state index contributed by atoms with van der Waals surface area (Å²) in [7, 11) is 1.17. The quantitative estimate of drug-likeness (QED) is 0.149. The molecule has 3 rings (SSSR count). The molecule has 1 aromatic heterocycles. The van der Waals surface area contributed by atoms with Crippen LogP contribution in [0.1, 0.15) is 54.4 Å². The molecule has 15 heteroatoms. The predicted octanol–water partition coefficient (Wildman–Crippen LogP) is 5.10. The van der Waals surface area contributed by atoms with Crippen molar-refractivity contribution in [1.29, 1.82) is 5.26 Å². The first-order chi connectivity index (χ1) is 19.7. The Morgan fingerprint density at radius 3 is 2.57 bits per heavy atom. The highest BCUT2D eigenvalue weighted by Crippen LogP contribution is 2.37. The lowest BCUT2D eigenvalue weighted by molar-refractivity contribution is -0.137. The van der Waals surface area contributed by atoms with E-state index in [2.05, 4.69) is 26.6 Å². The van der Waals surface area contributed by atoms with Crippen molar-refractivity contribution in [2.24, 2.45) is 5.10 Å². The van der Waals surface area contributed by atoms with E-state index in [1.165, 1.54) is 48.9 Å². The Balaban J connectivity index is 2.04. The van der Waals surface area contributed by atoms with Gasteiger partial charge in [0.15, 0.2) is 10.9 Å². The number of carbonyl (C=O) groups is 2. The van der Waals surface area contributed by atoms with Gasteiger partial charge in [0.05, 0.1) is 48.7 Å². The highest BCUT2D eigenvalue weighted by molar-refractivity contribution is 7.98. The molecule has 1 unspecified atom stereocenters. The van der Waals surface area contributed by atoms with Crippen molar-refractivity contribution < 1.29 is 32.2 Å². The van der Waals surface area contributed by atoms with Crippen molar-refractivity contribution in [2.45, 2.75) is 57.1 Å². The average molecular weight is 608 g/mol. The molecule has 1 aromatic carbocycles. The third-order valence-electron chi connectivity index (χ3n) is 6.14. The maximum Gasteiger partial charge on any atom is 0.418 e. The minimum atomic E-state index is -4.63. The number of ether oxygens (including phenoxy) is 2. The number of piperazine rings is 1. The van der Waals surface area contributed by atoms with Gasteiger partial charge in [-0.2, -0.15) is 23.5 Å². The standard InChI is InChI=1S/C27H32F3N7O4S/c1-16-8-7-9-19(20(16)27(28,29)30)35-32-14-18-21(23(38)40-5)33-24(42-6)34-22(18)36-12-13-37(17(15-36)10-11-31)25(39)41-26(2,3)4/h7-9,14,17,35H,10,12-13,15H2,1-6H3/b32-14+. The maximum atomic E-state index is 13.7. The number of amides is 1. The van der Waals surface area contributed by atoms with Crippen molar-refractivity contribution in [1.82, 2.24) is 14.9 Å². The van der Waals surface area contributed by atoms with E-state index in [1.54, 1.807) is 31.9 Å². The van der Waals surface area contributed by atoms with Crippen molar-refractivity contribution >= 4 is 41.5 Å². The normalized spacial score (nSPS) is 15.9. The van der Waals surface area contributed by atoms with Gasteiger partial charge >= 0.3 is 18.2 Å². The van der Waals surface area contributed by atoms with E-state index < -0.39 is 35.4 Å². The number of nitrogens with one attached hydrogen (secondary N) is 1. The minimum Gasteiger partial charge on any atom is -0.464 e. The van der Waals surface area contributed by atoms with Crippen molar-refractivity contribution in [3.63, 3.8) is 0 Å². The predicted molar refractivity (Wildman–Crippen MR) is 152 cm³/mol. The maximum absolute atomic E-state index is 13.7. The number of anilines is 2. The molecule has 1 atom stereocenters. The minimum absolute atomic E-state index is 0.00136. The second-order valence-electron chi connectivity index (χ2n) is 10.3. The van der Waals surface area contributed by atoms with Crippen LogP contribution in [0.3, 0.4) is 0 Å². The zero-order valence-corrected chi connectivity index (χ0v) is 24.9. The van der Waals surface area contributed by atoms with Crippen molar-refractivity contribution in [3.05, 3.63) is 40.6 Å². The van der Waals surface area contributed by atoms with Gasteiger partial charge in [-0.1, -0.05) is 23.9 Å². The number of nitrogens with zero attached hydrogens (tertiary/aromatic N) is 6. The molecular weight excluding hydrogens is 575 g/mol. The summed E-state index contributed by atoms with van der Waals surface area (Å²) in [4.78, 5) is 37.7. The number of nitriles is 1. The molecule has 1 amide bonds. The molecule has 226 valence electrons. The topological polar surface area (TPSA) is 133 Å². The number of esters is 1. The van der Waals surface area contributed by atoms with Gasteiger partial charge in [-0.15, -0.1) is 0 Å². The number of hydrazone groups is 1. The van der Waals surface area contributed by atoms with Crippen LogP contribution in [0.25, 0.3) is 0 Å². The number of carbonyl (C=O) groups excluding carboxylic acids is 2. The Kier molecular flexibility index (Phi) is 10.3. The fraction of sp³-hybridized carbons (Fsp3) is 0.481. The van der Waals surface area contributed by atoms with Crippen LogP contribution in [0.5, 0.6) is 0 Å². The van der Waals surface area contributed by atoms with E-state index in [0.29, 0.717) is 0 Å². The lowest BCUT2D eigenvalue weighted by Crippen LogP contribution is -2.56. The summed E-state index contributed by atoms with van der Waals surface area (Å²) in [5.41, 5.74) is 0.501. The molecule has 1 N–H and O–H groups in total. The summed E-state index contributed by atoms with van der Waals surface area (Å²) in [6, 6.07) is 5.57. The van der Waals surface area contributed by atoms with E-state index in [1.807, 2.05) is 0 Å². The molecule has 2 aromatic rings. The smallest absolute Gasteiger partial charge is 0.418 e. The summed E-state index contributed by atoms with van der Waals surface area (Å²) >= 11 is 1.17. The largest absolute Gasteiger partial charge is 0.464 e. The number of benzene rings is 1. The lowest BCUT2D eigenvalue weighted by atomic mass is 10.1. The van der Waals surface area contributed by atoms with E-state index in [4.69, 9.17) is 9.47 Å². The summed E-state index contributed by atoms with van der Waals surface area (Å²) < 4.78 is 51.5. The lowest BCUT2D eigenvalue weighted by Gasteiger charge is -2.41. The van der Waals surface area contributed by atoms with Crippen LogP contribution in [-0.2, 0) is 15.7 Å². The Labute approximate surface area is 246 Å². The molecule has 0 aliphatic carbocycles. The van der Waals surface area contributed by atoms with E-state index in [-0.39, 0.29) is 59.5 Å². The fourth-order valence-corrected chi connectivity index (χ4v) is 4.69. The average Bonchev–Trinajstić information content (AvgIpc) is 2.91. The molecule has 2 heterocycles. The zero-order chi connectivity index (χ0) is 31.2. The Bertz CT molecular complexity index is 1390. The SMILES string of the molecule is COC(=O)c1nc(SC)nc(N2CCN(C(=O)OC(C)(C)C)C(CC#N)C2)c1/C=N/Nc1cccc(C)c1C(F)(F)F. The van der Waals surface area contributed by atoms with Gasteiger partial charge in [0.25, 0.3) is 0 Å². The van der Waals surface area contributed by atoms with Crippen LogP contribution >= 0.6 is 11.8 Å². The summed E-state index contributed by atoms with van der Waals surface area (Å²) in [6.07, 6.45) is -2.32. The van der Waals surface area contributed by atoms with E-state index in [9.17, 15) is 28.0 Å². The van der Waals surface area contributed by atoms with Crippen LogP contribution in [-0.4, -0.2) is 77.8 Å². The third-order valence-corrected chi connectivity index (χ3v) is 6.69. The number of aryl methyl sites for hydroxylation is 1. The molecule has 0 bridgehead atoms. The summed E-state index contributed by atoms with van der Waals surface area (Å²) in [6.45, 7) is 7.16. The van der Waals surface area contributed by atoms with Gasteiger partial charge < -0.3 is 19.3 Å². The first kappa shape index (κ1) is 32.5. The number of alkyl halides is 3. The fourth-order valence-electron chi connectivity index (χ4n) is 4.33. The third kappa shape index (κ3) is 7.81.